The molecule has 1 aromatic carbocycles. The van der Waals surface area contributed by atoms with Gasteiger partial charge in [0.15, 0.2) is 10.2 Å². The molecule has 0 saturated carbocycles. The summed E-state index contributed by atoms with van der Waals surface area (Å²) < 4.78 is 0. The number of para-hydroxylation sites is 1. The van der Waals surface area contributed by atoms with E-state index in [9.17, 15) is 24.3 Å². The molecule has 0 bridgehead atoms. The number of rotatable bonds is 6. The molecular weight excluding hydrogens is 374 g/mol. The first-order chi connectivity index (χ1) is 12.3. The fourth-order valence-electron chi connectivity index (χ4n) is 2.88. The maximum atomic E-state index is 13.2. The zero-order valence-electron chi connectivity index (χ0n) is 14.6. The fraction of sp³-hybridized carbons (Fsp3) is 0.444. The number of aliphatic carboxylic acids is 1. The Morgan fingerprint density at radius 2 is 1.69 bits per heavy atom. The summed E-state index contributed by atoms with van der Waals surface area (Å²) in [5.41, 5.74) is 1.53. The van der Waals surface area contributed by atoms with Crippen molar-refractivity contribution in [2.45, 2.75) is 32.7 Å². The summed E-state index contributed by atoms with van der Waals surface area (Å²) in [4.78, 5) is 48.9. The molecule has 0 spiro atoms. The van der Waals surface area contributed by atoms with Crippen molar-refractivity contribution in [1.29, 1.82) is 0 Å². The number of carbonyl (C=O) groups excluding carboxylic acids is 3. The molecule has 0 fully saturated rings. The van der Waals surface area contributed by atoms with Gasteiger partial charge in [0.2, 0.25) is 5.91 Å². The zero-order valence-corrected chi connectivity index (χ0v) is 16.3. The van der Waals surface area contributed by atoms with Gasteiger partial charge in [-0.25, -0.2) is 4.79 Å². The summed E-state index contributed by atoms with van der Waals surface area (Å²) in [6.45, 7) is 2.83. The van der Waals surface area contributed by atoms with Gasteiger partial charge < -0.3 is 5.11 Å². The van der Waals surface area contributed by atoms with Crippen molar-refractivity contribution in [2.75, 3.05) is 16.4 Å². The second-order valence-electron chi connectivity index (χ2n) is 6.03. The topological polar surface area (TPSA) is 91.8 Å². The van der Waals surface area contributed by atoms with Crippen LogP contribution in [0.4, 0.5) is 5.69 Å². The highest BCUT2D eigenvalue weighted by Crippen LogP contribution is 2.33. The molecule has 1 unspecified atom stereocenters. The molecule has 6 nitrogen and oxygen atoms in total. The first kappa shape index (κ1) is 20.5. The van der Waals surface area contributed by atoms with Gasteiger partial charge in [-0.2, -0.15) is 0 Å². The predicted octanol–water partition coefficient (Wildman–Crippen LogP) is 2.59. The second-order valence-corrected chi connectivity index (χ2v) is 8.43. The number of amides is 1. The van der Waals surface area contributed by atoms with Gasteiger partial charge in [0, 0.05) is 31.0 Å². The minimum atomic E-state index is -1.05. The molecule has 26 heavy (non-hydrogen) atoms. The molecule has 1 amide bonds. The summed E-state index contributed by atoms with van der Waals surface area (Å²) in [6, 6.07) is 6.32. The number of benzene rings is 1. The van der Waals surface area contributed by atoms with Crippen molar-refractivity contribution in [3.63, 3.8) is 0 Å². The largest absolute Gasteiger partial charge is 0.480 e. The molecule has 1 aliphatic rings. The Kier molecular flexibility index (Phi) is 7.28. The van der Waals surface area contributed by atoms with Gasteiger partial charge in [0.1, 0.15) is 6.04 Å². The minimum Gasteiger partial charge on any atom is -0.480 e. The lowest BCUT2D eigenvalue weighted by Gasteiger charge is -2.36. The van der Waals surface area contributed by atoms with E-state index in [1.807, 2.05) is 12.1 Å². The van der Waals surface area contributed by atoms with Crippen LogP contribution in [0.5, 0.6) is 0 Å². The van der Waals surface area contributed by atoms with Crippen LogP contribution in [0.1, 0.15) is 25.8 Å². The van der Waals surface area contributed by atoms with Crippen LogP contribution in [0.25, 0.3) is 0 Å². The Morgan fingerprint density at radius 3 is 2.23 bits per heavy atom. The number of aryl methyl sites for hydroxylation is 1. The third-order valence-electron chi connectivity index (χ3n) is 4.10. The summed E-state index contributed by atoms with van der Waals surface area (Å²) in [7, 11) is 0. The Balaban J connectivity index is 2.34. The van der Waals surface area contributed by atoms with Gasteiger partial charge in [-0.1, -0.05) is 41.7 Å². The fourth-order valence-corrected chi connectivity index (χ4v) is 4.42. The molecule has 1 atom stereocenters. The SMILES string of the molecule is CC(=O)SCC(CSC(C)=O)C(=O)N1c2ccccc2CCC1C(=O)O. The average Bonchev–Trinajstić information content (AvgIpc) is 2.59. The van der Waals surface area contributed by atoms with Crippen molar-refractivity contribution in [1.82, 2.24) is 0 Å². The summed E-state index contributed by atoms with van der Waals surface area (Å²) in [5.74, 6) is -1.58. The van der Waals surface area contributed by atoms with Crippen LogP contribution in [0, 0.1) is 5.92 Å². The van der Waals surface area contributed by atoms with Crippen LogP contribution in [0.3, 0.4) is 0 Å². The van der Waals surface area contributed by atoms with Gasteiger partial charge in [0.05, 0.1) is 5.92 Å². The molecule has 140 valence electrons. The Bertz CT molecular complexity index is 703. The van der Waals surface area contributed by atoms with Crippen LogP contribution in [-0.4, -0.2) is 44.8 Å². The third-order valence-corrected chi connectivity index (χ3v) is 6.05. The molecule has 1 aliphatic heterocycles. The maximum absolute atomic E-state index is 13.2. The molecule has 0 aromatic heterocycles. The molecule has 0 aliphatic carbocycles. The first-order valence-electron chi connectivity index (χ1n) is 8.21. The van der Waals surface area contributed by atoms with Crippen LogP contribution in [0.2, 0.25) is 0 Å². The van der Waals surface area contributed by atoms with Gasteiger partial charge in [-0.05, 0) is 24.5 Å². The molecule has 8 heteroatoms. The van der Waals surface area contributed by atoms with Crippen LogP contribution in [-0.2, 0) is 25.6 Å². The monoisotopic (exact) mass is 395 g/mol. The van der Waals surface area contributed by atoms with E-state index in [0.717, 1.165) is 29.1 Å². The highest BCUT2D eigenvalue weighted by molar-refractivity contribution is 8.14. The van der Waals surface area contributed by atoms with E-state index in [0.29, 0.717) is 18.5 Å². The number of carboxylic acids is 1. The van der Waals surface area contributed by atoms with Crippen molar-refractivity contribution < 1.29 is 24.3 Å². The second kappa shape index (κ2) is 9.23. The molecule has 1 aromatic rings. The number of hydrogen-bond donors (Lipinski definition) is 1. The van der Waals surface area contributed by atoms with Crippen LogP contribution < -0.4 is 4.90 Å². The Morgan fingerprint density at radius 1 is 1.12 bits per heavy atom. The van der Waals surface area contributed by atoms with E-state index in [2.05, 4.69) is 0 Å². The molecular formula is C18H21NO5S2. The zero-order chi connectivity index (χ0) is 19.3. The van der Waals surface area contributed by atoms with Gasteiger partial charge in [0.25, 0.3) is 0 Å². The van der Waals surface area contributed by atoms with E-state index in [4.69, 9.17) is 0 Å². The van der Waals surface area contributed by atoms with E-state index < -0.39 is 17.9 Å². The number of thioether (sulfide) groups is 2. The normalized spacial score (nSPS) is 16.3. The molecule has 0 saturated heterocycles. The van der Waals surface area contributed by atoms with Gasteiger partial charge >= 0.3 is 5.97 Å². The standard InChI is InChI=1S/C18H21NO5S2/c1-11(20)25-9-14(10-26-12(2)21)17(22)19-15-6-4-3-5-13(15)7-8-16(19)18(23)24/h3-6,14,16H,7-10H2,1-2H3,(H,23,24). The van der Waals surface area contributed by atoms with Gasteiger partial charge in [-0.3, -0.25) is 19.3 Å². The Hall–Kier alpha value is -1.80. The summed E-state index contributed by atoms with van der Waals surface area (Å²) in [6.07, 6.45) is 0.927. The minimum absolute atomic E-state index is 0.121. The smallest absolute Gasteiger partial charge is 0.326 e. The van der Waals surface area contributed by atoms with Crippen molar-refractivity contribution in [3.8, 4) is 0 Å². The number of carbonyl (C=O) groups is 4. The lowest BCUT2D eigenvalue weighted by molar-refractivity contribution is -0.140. The number of anilines is 1. The lowest BCUT2D eigenvalue weighted by atomic mass is 9.94. The number of carboxylic acid groups (broad SMARTS) is 1. The highest BCUT2D eigenvalue weighted by Gasteiger charge is 2.38. The number of nitrogens with zero attached hydrogens (tertiary/aromatic N) is 1. The first-order valence-corrected chi connectivity index (χ1v) is 10.2. The number of fused-ring (bicyclic) bond motifs is 1. The van der Waals surface area contributed by atoms with Gasteiger partial charge in [-0.15, -0.1) is 0 Å². The van der Waals surface area contributed by atoms with Crippen LogP contribution >= 0.6 is 23.5 Å². The quantitative estimate of drug-likeness (QED) is 0.791. The molecule has 0 radical (unpaired) electrons. The van der Waals surface area contributed by atoms with E-state index in [-0.39, 0.29) is 27.6 Å². The van der Waals surface area contributed by atoms with Crippen molar-refractivity contribution in [2.24, 2.45) is 5.92 Å². The maximum Gasteiger partial charge on any atom is 0.326 e. The summed E-state index contributed by atoms with van der Waals surface area (Å²) in [5, 5.41) is 9.35. The van der Waals surface area contributed by atoms with E-state index >= 15 is 0 Å². The molecule has 1 heterocycles. The summed E-state index contributed by atoms with van der Waals surface area (Å²) >= 11 is 2.03. The van der Waals surface area contributed by atoms with Crippen molar-refractivity contribution >= 4 is 51.3 Å². The third kappa shape index (κ3) is 5.11. The predicted molar refractivity (Wildman–Crippen MR) is 103 cm³/mol. The van der Waals surface area contributed by atoms with Crippen LogP contribution in [0.15, 0.2) is 24.3 Å². The van der Waals surface area contributed by atoms with E-state index in [1.54, 1.807) is 12.1 Å². The Labute approximate surface area is 160 Å². The molecule has 1 N–H and O–H groups in total. The highest BCUT2D eigenvalue weighted by atomic mass is 32.2. The molecule has 2 rings (SSSR count). The van der Waals surface area contributed by atoms with Crippen molar-refractivity contribution in [3.05, 3.63) is 29.8 Å². The number of hydrogen-bond acceptors (Lipinski definition) is 6. The van der Waals surface area contributed by atoms with E-state index in [1.165, 1.54) is 18.7 Å². The lowest BCUT2D eigenvalue weighted by Crippen LogP contribution is -2.51. The average molecular weight is 396 g/mol.